The van der Waals surface area contributed by atoms with Crippen LogP contribution in [0, 0.1) is 0 Å². The first-order valence-electron chi connectivity index (χ1n) is 8.78. The van der Waals surface area contributed by atoms with Crippen LogP contribution in [0.5, 0.6) is 11.5 Å². The van der Waals surface area contributed by atoms with Crippen LogP contribution in [0.1, 0.15) is 30.1 Å². The molecule has 142 valence electrons. The van der Waals surface area contributed by atoms with E-state index in [1.807, 2.05) is 6.07 Å². The number of carbonyl (C=O) groups is 2. The smallest absolute Gasteiger partial charge is 0.251 e. The van der Waals surface area contributed by atoms with Gasteiger partial charge in [-0.3, -0.25) is 9.59 Å². The van der Waals surface area contributed by atoms with Crippen LogP contribution in [0.4, 0.5) is 5.69 Å². The van der Waals surface area contributed by atoms with Crippen LogP contribution in [0.2, 0.25) is 5.02 Å². The third-order valence-electron chi connectivity index (χ3n) is 4.02. The molecule has 0 radical (unpaired) electrons. The van der Waals surface area contributed by atoms with Gasteiger partial charge in [-0.2, -0.15) is 0 Å². The van der Waals surface area contributed by atoms with Crippen molar-refractivity contribution in [2.75, 3.05) is 18.5 Å². The summed E-state index contributed by atoms with van der Waals surface area (Å²) in [6.07, 6.45) is 0.899. The van der Waals surface area contributed by atoms with Crippen LogP contribution in [0.15, 0.2) is 42.5 Å². The van der Waals surface area contributed by atoms with Gasteiger partial charge in [-0.05, 0) is 19.1 Å². The lowest BCUT2D eigenvalue weighted by atomic mass is 10.1. The fourth-order valence-electron chi connectivity index (χ4n) is 2.71. The molecule has 2 amide bonds. The van der Waals surface area contributed by atoms with E-state index in [1.54, 1.807) is 43.3 Å². The van der Waals surface area contributed by atoms with Crippen molar-refractivity contribution in [1.29, 1.82) is 0 Å². The van der Waals surface area contributed by atoms with Crippen molar-refractivity contribution in [3.05, 3.63) is 53.1 Å². The number of ether oxygens (including phenoxy) is 2. The maximum absolute atomic E-state index is 12.3. The van der Waals surface area contributed by atoms with Gasteiger partial charge >= 0.3 is 0 Å². The van der Waals surface area contributed by atoms with E-state index >= 15 is 0 Å². The van der Waals surface area contributed by atoms with Crippen LogP contribution in [-0.2, 0) is 4.79 Å². The summed E-state index contributed by atoms with van der Waals surface area (Å²) >= 11 is 6.24. The van der Waals surface area contributed by atoms with Crippen molar-refractivity contribution in [2.24, 2.45) is 0 Å². The van der Waals surface area contributed by atoms with E-state index in [9.17, 15) is 9.59 Å². The molecule has 1 atom stereocenters. The fraction of sp³-hybridized carbons (Fsp3) is 0.300. The van der Waals surface area contributed by atoms with Gasteiger partial charge in [-0.15, -0.1) is 0 Å². The second-order valence-electron chi connectivity index (χ2n) is 6.32. The molecule has 0 aromatic heterocycles. The molecule has 2 aromatic rings. The first kappa shape index (κ1) is 19.0. The molecule has 6 nitrogen and oxygen atoms in total. The molecule has 7 heteroatoms. The predicted octanol–water partition coefficient (Wildman–Crippen LogP) is 3.65. The highest BCUT2D eigenvalue weighted by Gasteiger charge is 2.17. The molecule has 0 bridgehead atoms. The summed E-state index contributed by atoms with van der Waals surface area (Å²) in [5.74, 6) is 0.647. The Kier molecular flexibility index (Phi) is 6.19. The lowest BCUT2D eigenvalue weighted by Gasteiger charge is -2.15. The molecule has 0 saturated heterocycles. The monoisotopic (exact) mass is 388 g/mol. The lowest BCUT2D eigenvalue weighted by molar-refractivity contribution is -0.116. The SMILES string of the molecule is CC(CC(=O)Nc1cc2c(cc1Cl)OCCCO2)NC(=O)c1ccccc1. The zero-order valence-corrected chi connectivity index (χ0v) is 15.7. The van der Waals surface area contributed by atoms with Crippen molar-refractivity contribution in [3.63, 3.8) is 0 Å². The number of rotatable bonds is 5. The molecular formula is C20H21ClN2O4. The van der Waals surface area contributed by atoms with Gasteiger partial charge in [0.2, 0.25) is 5.91 Å². The quantitative estimate of drug-likeness (QED) is 0.819. The number of anilines is 1. The van der Waals surface area contributed by atoms with Gasteiger partial charge in [0, 0.05) is 36.6 Å². The summed E-state index contributed by atoms with van der Waals surface area (Å²) in [6, 6.07) is 11.8. The van der Waals surface area contributed by atoms with E-state index in [0.29, 0.717) is 41.0 Å². The molecule has 1 unspecified atom stereocenters. The Bertz CT molecular complexity index is 826. The Morgan fingerprint density at radius 2 is 1.78 bits per heavy atom. The topological polar surface area (TPSA) is 76.7 Å². The molecule has 2 N–H and O–H groups in total. The van der Waals surface area contributed by atoms with Crippen molar-refractivity contribution < 1.29 is 19.1 Å². The van der Waals surface area contributed by atoms with E-state index in [2.05, 4.69) is 10.6 Å². The Hall–Kier alpha value is -2.73. The van der Waals surface area contributed by atoms with Crippen molar-refractivity contribution >= 4 is 29.1 Å². The summed E-state index contributed by atoms with van der Waals surface area (Å²) < 4.78 is 11.2. The zero-order chi connectivity index (χ0) is 19.2. The Labute approximate surface area is 162 Å². The summed E-state index contributed by atoms with van der Waals surface area (Å²) in [7, 11) is 0. The molecule has 27 heavy (non-hydrogen) atoms. The number of halogens is 1. The average molecular weight is 389 g/mol. The van der Waals surface area contributed by atoms with Crippen molar-refractivity contribution in [1.82, 2.24) is 5.32 Å². The van der Waals surface area contributed by atoms with Gasteiger partial charge in [0.1, 0.15) is 0 Å². The molecule has 2 aromatic carbocycles. The van der Waals surface area contributed by atoms with Gasteiger partial charge in [0.15, 0.2) is 11.5 Å². The number of fused-ring (bicyclic) bond motifs is 1. The maximum Gasteiger partial charge on any atom is 0.251 e. The van der Waals surface area contributed by atoms with Crippen LogP contribution < -0.4 is 20.1 Å². The first-order valence-corrected chi connectivity index (χ1v) is 9.15. The number of hydrogen-bond donors (Lipinski definition) is 2. The molecule has 0 spiro atoms. The third-order valence-corrected chi connectivity index (χ3v) is 4.33. The minimum atomic E-state index is -0.336. The van der Waals surface area contributed by atoms with E-state index in [1.165, 1.54) is 0 Å². The molecule has 0 aliphatic carbocycles. The highest BCUT2D eigenvalue weighted by atomic mass is 35.5. The van der Waals surface area contributed by atoms with Gasteiger partial charge in [0.25, 0.3) is 5.91 Å². The van der Waals surface area contributed by atoms with E-state index < -0.39 is 0 Å². The summed E-state index contributed by atoms with van der Waals surface area (Å²) in [6.45, 7) is 2.88. The predicted molar refractivity (Wildman–Crippen MR) is 104 cm³/mol. The highest BCUT2D eigenvalue weighted by molar-refractivity contribution is 6.34. The largest absolute Gasteiger partial charge is 0.490 e. The van der Waals surface area contributed by atoms with Crippen LogP contribution >= 0.6 is 11.6 Å². The Balaban J connectivity index is 1.59. The minimum Gasteiger partial charge on any atom is -0.490 e. The molecule has 1 aliphatic rings. The minimum absolute atomic E-state index is 0.114. The summed E-state index contributed by atoms with van der Waals surface area (Å²) in [5.41, 5.74) is 1.00. The van der Waals surface area contributed by atoms with E-state index in [4.69, 9.17) is 21.1 Å². The van der Waals surface area contributed by atoms with Crippen LogP contribution in [0.3, 0.4) is 0 Å². The standard InChI is InChI=1S/C20H21ClN2O4/c1-13(22-20(25)14-6-3-2-4-7-14)10-19(24)23-16-12-18-17(11-15(16)21)26-8-5-9-27-18/h2-4,6-7,11-13H,5,8-10H2,1H3,(H,22,25)(H,23,24). The maximum atomic E-state index is 12.3. The Morgan fingerprint density at radius 1 is 1.11 bits per heavy atom. The number of hydrogen-bond acceptors (Lipinski definition) is 4. The zero-order valence-electron chi connectivity index (χ0n) is 15.0. The van der Waals surface area contributed by atoms with Gasteiger partial charge in [0.05, 0.1) is 23.9 Å². The summed E-state index contributed by atoms with van der Waals surface area (Å²) in [4.78, 5) is 24.5. The molecule has 1 aliphatic heterocycles. The van der Waals surface area contributed by atoms with Crippen LogP contribution in [0.25, 0.3) is 0 Å². The second-order valence-corrected chi connectivity index (χ2v) is 6.73. The Morgan fingerprint density at radius 3 is 2.48 bits per heavy atom. The van der Waals surface area contributed by atoms with Gasteiger partial charge in [-0.25, -0.2) is 0 Å². The first-order chi connectivity index (χ1) is 13.0. The molecular weight excluding hydrogens is 368 g/mol. The van der Waals surface area contributed by atoms with E-state index in [0.717, 1.165) is 6.42 Å². The molecule has 1 heterocycles. The highest BCUT2D eigenvalue weighted by Crippen LogP contribution is 2.37. The second kappa shape index (κ2) is 8.77. The third kappa shape index (κ3) is 5.14. The number of benzene rings is 2. The number of nitrogens with one attached hydrogen (secondary N) is 2. The molecule has 0 fully saturated rings. The fourth-order valence-corrected chi connectivity index (χ4v) is 2.91. The van der Waals surface area contributed by atoms with Crippen molar-refractivity contribution in [3.8, 4) is 11.5 Å². The molecule has 0 saturated carbocycles. The lowest BCUT2D eigenvalue weighted by Crippen LogP contribution is -2.35. The number of amides is 2. The van der Waals surface area contributed by atoms with Gasteiger partial charge in [-0.1, -0.05) is 29.8 Å². The van der Waals surface area contributed by atoms with Crippen molar-refractivity contribution in [2.45, 2.75) is 25.8 Å². The normalized spacial score (nSPS) is 14.0. The average Bonchev–Trinajstić information content (AvgIpc) is 2.87. The summed E-state index contributed by atoms with van der Waals surface area (Å²) in [5, 5.41) is 5.94. The molecule has 3 rings (SSSR count). The van der Waals surface area contributed by atoms with Crippen LogP contribution in [-0.4, -0.2) is 31.1 Å². The van der Waals surface area contributed by atoms with Gasteiger partial charge < -0.3 is 20.1 Å². The van der Waals surface area contributed by atoms with E-state index in [-0.39, 0.29) is 24.3 Å². The number of carbonyl (C=O) groups excluding carboxylic acids is 2.